The highest BCUT2D eigenvalue weighted by Crippen LogP contribution is 2.37. The summed E-state index contributed by atoms with van der Waals surface area (Å²) < 4.78 is 10.6. The van der Waals surface area contributed by atoms with Crippen LogP contribution in [0.25, 0.3) is 0 Å². The highest BCUT2D eigenvalue weighted by molar-refractivity contribution is 8.00. The summed E-state index contributed by atoms with van der Waals surface area (Å²) in [5, 5.41) is 2.78. The molecule has 1 N–H and O–H groups in total. The van der Waals surface area contributed by atoms with E-state index >= 15 is 0 Å². The van der Waals surface area contributed by atoms with Crippen molar-refractivity contribution in [3.8, 4) is 11.5 Å². The molecule has 0 unspecified atom stereocenters. The first-order chi connectivity index (χ1) is 11.1. The summed E-state index contributed by atoms with van der Waals surface area (Å²) in [5.41, 5.74) is 0.854. The molecule has 1 amide bonds. The molecule has 0 spiro atoms. The van der Waals surface area contributed by atoms with E-state index < -0.39 is 0 Å². The molecule has 0 fully saturated rings. The zero-order valence-electron chi connectivity index (χ0n) is 12.5. The highest BCUT2D eigenvalue weighted by atomic mass is 32.2. The SMILES string of the molecule is CC(=O)c1cc2c(cc1NC(=O)CSc1ccccc1)OCO2. The third-order valence-corrected chi connectivity index (χ3v) is 4.29. The van der Waals surface area contributed by atoms with Gasteiger partial charge in [0.15, 0.2) is 17.3 Å². The minimum absolute atomic E-state index is 0.119. The summed E-state index contributed by atoms with van der Waals surface area (Å²) in [6.45, 7) is 1.57. The van der Waals surface area contributed by atoms with Gasteiger partial charge in [-0.15, -0.1) is 11.8 Å². The second-order valence-corrected chi connectivity index (χ2v) is 6.01. The van der Waals surface area contributed by atoms with Crippen molar-refractivity contribution in [1.82, 2.24) is 0 Å². The number of amides is 1. The number of anilines is 1. The van der Waals surface area contributed by atoms with Crippen molar-refractivity contribution >= 4 is 29.1 Å². The summed E-state index contributed by atoms with van der Waals surface area (Å²) >= 11 is 1.43. The van der Waals surface area contributed by atoms with Gasteiger partial charge in [0.1, 0.15) is 0 Å². The molecule has 0 saturated carbocycles. The van der Waals surface area contributed by atoms with E-state index in [1.165, 1.54) is 18.7 Å². The van der Waals surface area contributed by atoms with Crippen LogP contribution in [0.2, 0.25) is 0 Å². The molecule has 2 aromatic carbocycles. The number of carbonyl (C=O) groups excluding carboxylic acids is 2. The normalized spacial score (nSPS) is 12.0. The van der Waals surface area contributed by atoms with Gasteiger partial charge < -0.3 is 14.8 Å². The number of fused-ring (bicyclic) bond motifs is 1. The minimum Gasteiger partial charge on any atom is -0.454 e. The number of nitrogens with one attached hydrogen (secondary N) is 1. The Labute approximate surface area is 138 Å². The molecular formula is C17H15NO4S. The molecule has 3 rings (SSSR count). The van der Waals surface area contributed by atoms with E-state index in [1.54, 1.807) is 12.1 Å². The Morgan fingerprint density at radius 3 is 2.52 bits per heavy atom. The molecule has 0 aliphatic carbocycles. The predicted octanol–water partition coefficient (Wildman–Crippen LogP) is 3.35. The third kappa shape index (κ3) is 3.65. The Hall–Kier alpha value is -2.47. The number of carbonyl (C=O) groups is 2. The summed E-state index contributed by atoms with van der Waals surface area (Å²) in [4.78, 5) is 24.9. The van der Waals surface area contributed by atoms with Gasteiger partial charge in [-0.05, 0) is 25.1 Å². The van der Waals surface area contributed by atoms with E-state index in [9.17, 15) is 9.59 Å². The zero-order chi connectivity index (χ0) is 16.2. The van der Waals surface area contributed by atoms with Crippen LogP contribution in [0.1, 0.15) is 17.3 Å². The maximum absolute atomic E-state index is 12.1. The minimum atomic E-state index is -0.180. The van der Waals surface area contributed by atoms with Crippen molar-refractivity contribution in [2.24, 2.45) is 0 Å². The summed E-state index contributed by atoms with van der Waals surface area (Å²) in [5.74, 6) is 0.984. The number of thioether (sulfide) groups is 1. The quantitative estimate of drug-likeness (QED) is 0.673. The van der Waals surface area contributed by atoms with Crippen LogP contribution in [0.15, 0.2) is 47.4 Å². The average molecular weight is 329 g/mol. The average Bonchev–Trinajstić information content (AvgIpc) is 3.00. The van der Waals surface area contributed by atoms with E-state index in [2.05, 4.69) is 5.32 Å². The van der Waals surface area contributed by atoms with Crippen molar-refractivity contribution < 1.29 is 19.1 Å². The van der Waals surface area contributed by atoms with Gasteiger partial charge in [0.05, 0.1) is 11.4 Å². The Kier molecular flexibility index (Phi) is 4.52. The van der Waals surface area contributed by atoms with Gasteiger partial charge in [0.25, 0.3) is 0 Å². The van der Waals surface area contributed by atoms with Crippen LogP contribution >= 0.6 is 11.8 Å². The number of benzene rings is 2. The monoisotopic (exact) mass is 329 g/mol. The highest BCUT2D eigenvalue weighted by Gasteiger charge is 2.20. The number of rotatable bonds is 5. The Balaban J connectivity index is 1.71. The Bertz CT molecular complexity index is 746. The van der Waals surface area contributed by atoms with Gasteiger partial charge >= 0.3 is 0 Å². The number of hydrogen-bond donors (Lipinski definition) is 1. The molecular weight excluding hydrogens is 314 g/mol. The van der Waals surface area contributed by atoms with Crippen LogP contribution in [0.3, 0.4) is 0 Å². The predicted molar refractivity (Wildman–Crippen MR) is 88.4 cm³/mol. The van der Waals surface area contributed by atoms with Crippen LogP contribution in [-0.4, -0.2) is 24.2 Å². The van der Waals surface area contributed by atoms with Gasteiger partial charge in [0.2, 0.25) is 12.7 Å². The van der Waals surface area contributed by atoms with E-state index in [0.29, 0.717) is 22.7 Å². The standard InChI is InChI=1S/C17H15NO4S/c1-11(19)13-7-15-16(22-10-21-15)8-14(13)18-17(20)9-23-12-5-3-2-4-6-12/h2-8H,9-10H2,1H3,(H,18,20). The third-order valence-electron chi connectivity index (χ3n) is 3.28. The molecule has 1 heterocycles. The number of ether oxygens (including phenoxy) is 2. The van der Waals surface area contributed by atoms with Gasteiger partial charge in [-0.3, -0.25) is 9.59 Å². The van der Waals surface area contributed by atoms with Gasteiger partial charge in [0, 0.05) is 16.5 Å². The van der Waals surface area contributed by atoms with Gasteiger partial charge in [-0.2, -0.15) is 0 Å². The lowest BCUT2D eigenvalue weighted by atomic mass is 10.1. The van der Waals surface area contributed by atoms with Crippen molar-refractivity contribution in [2.45, 2.75) is 11.8 Å². The summed E-state index contributed by atoms with van der Waals surface area (Å²) in [6.07, 6.45) is 0. The van der Waals surface area contributed by atoms with Crippen LogP contribution in [0, 0.1) is 0 Å². The molecule has 1 aliphatic rings. The molecule has 2 aromatic rings. The zero-order valence-corrected chi connectivity index (χ0v) is 13.3. The molecule has 5 nitrogen and oxygen atoms in total. The van der Waals surface area contributed by atoms with E-state index in [4.69, 9.17) is 9.47 Å². The second kappa shape index (κ2) is 6.75. The lowest BCUT2D eigenvalue weighted by molar-refractivity contribution is -0.113. The van der Waals surface area contributed by atoms with Gasteiger partial charge in [-0.25, -0.2) is 0 Å². The molecule has 23 heavy (non-hydrogen) atoms. The summed E-state index contributed by atoms with van der Waals surface area (Å²) in [7, 11) is 0. The van der Waals surface area contributed by atoms with Crippen molar-refractivity contribution in [3.63, 3.8) is 0 Å². The largest absolute Gasteiger partial charge is 0.454 e. The first kappa shape index (κ1) is 15.4. The molecule has 0 bridgehead atoms. The molecule has 0 atom stereocenters. The number of hydrogen-bond acceptors (Lipinski definition) is 5. The topological polar surface area (TPSA) is 64.6 Å². The lowest BCUT2D eigenvalue weighted by Crippen LogP contribution is -2.16. The fourth-order valence-corrected chi connectivity index (χ4v) is 2.91. The van der Waals surface area contributed by atoms with Gasteiger partial charge in [-0.1, -0.05) is 18.2 Å². The fourth-order valence-electron chi connectivity index (χ4n) is 2.19. The molecule has 0 aromatic heterocycles. The van der Waals surface area contributed by atoms with Crippen molar-refractivity contribution in [3.05, 3.63) is 48.0 Å². The Morgan fingerprint density at radius 2 is 1.83 bits per heavy atom. The van der Waals surface area contributed by atoms with E-state index in [0.717, 1.165) is 4.90 Å². The van der Waals surface area contributed by atoms with Crippen molar-refractivity contribution in [1.29, 1.82) is 0 Å². The van der Waals surface area contributed by atoms with Crippen molar-refractivity contribution in [2.75, 3.05) is 17.9 Å². The smallest absolute Gasteiger partial charge is 0.234 e. The maximum atomic E-state index is 12.1. The molecule has 118 valence electrons. The van der Waals surface area contributed by atoms with E-state index in [-0.39, 0.29) is 24.2 Å². The fraction of sp³-hybridized carbons (Fsp3) is 0.176. The van der Waals surface area contributed by atoms with Crippen LogP contribution in [0.5, 0.6) is 11.5 Å². The maximum Gasteiger partial charge on any atom is 0.234 e. The number of Topliss-reactive ketones (excluding diaryl/α,β-unsaturated/α-hetero) is 1. The number of ketones is 1. The lowest BCUT2D eigenvalue weighted by Gasteiger charge is -2.10. The molecule has 0 saturated heterocycles. The molecule has 6 heteroatoms. The van der Waals surface area contributed by atoms with Crippen LogP contribution in [0.4, 0.5) is 5.69 Å². The first-order valence-corrected chi connectivity index (χ1v) is 8.04. The first-order valence-electron chi connectivity index (χ1n) is 7.06. The van der Waals surface area contributed by atoms with E-state index in [1.807, 2.05) is 30.3 Å². The molecule has 0 radical (unpaired) electrons. The summed E-state index contributed by atoms with van der Waals surface area (Å²) in [6, 6.07) is 12.9. The molecule has 1 aliphatic heterocycles. The van der Waals surface area contributed by atoms with Crippen LogP contribution < -0.4 is 14.8 Å². The van der Waals surface area contributed by atoms with Crippen LogP contribution in [-0.2, 0) is 4.79 Å². The second-order valence-electron chi connectivity index (χ2n) is 4.96. The Morgan fingerprint density at radius 1 is 1.13 bits per heavy atom.